The molecule has 2 amide bonds. The number of halogens is 2. The Morgan fingerprint density at radius 2 is 1.09 bits per heavy atom. The summed E-state index contributed by atoms with van der Waals surface area (Å²) >= 11 is 1.82. The number of amides is 2. The van der Waals surface area contributed by atoms with Gasteiger partial charge in [-0.3, -0.25) is 19.2 Å². The van der Waals surface area contributed by atoms with Crippen LogP contribution in [0.1, 0.15) is 36.4 Å². The molecule has 4 aromatic rings. The fourth-order valence-electron chi connectivity index (χ4n) is 3.74. The fourth-order valence-corrected chi connectivity index (χ4v) is 5.30. The maximum atomic E-state index is 13.8. The lowest BCUT2D eigenvalue weighted by molar-refractivity contribution is -0.140. The SMILES string of the molecule is CC(CC(=O)O)C(=O)Nc1nc(-c2ccccc2F)c(C#N)s1.C[C@H](CC(=O)O)C(=O)Nc1nc(-c2ccccc2F)c(C#N)s1. The molecule has 0 radical (unpaired) electrons. The first kappa shape index (κ1) is 34.9. The van der Waals surface area contributed by atoms with Crippen LogP contribution in [0.2, 0.25) is 0 Å². The molecule has 0 aliphatic rings. The Labute approximate surface area is 268 Å². The number of aliphatic carboxylic acids is 2. The van der Waals surface area contributed by atoms with E-state index in [4.69, 9.17) is 20.7 Å². The third-order valence-electron chi connectivity index (χ3n) is 6.03. The van der Waals surface area contributed by atoms with Gasteiger partial charge in [-0.05, 0) is 24.3 Å². The van der Waals surface area contributed by atoms with Crippen molar-refractivity contribution >= 4 is 56.7 Å². The molecular weight excluding hydrogens is 642 g/mol. The first-order chi connectivity index (χ1) is 21.8. The van der Waals surface area contributed by atoms with Crippen molar-refractivity contribution in [3.63, 3.8) is 0 Å². The van der Waals surface area contributed by atoms with E-state index >= 15 is 0 Å². The van der Waals surface area contributed by atoms with E-state index in [0.29, 0.717) is 0 Å². The molecule has 0 fully saturated rings. The van der Waals surface area contributed by atoms with E-state index in [2.05, 4.69) is 20.6 Å². The number of benzene rings is 2. The van der Waals surface area contributed by atoms with Gasteiger partial charge in [0.05, 0.1) is 12.8 Å². The third-order valence-corrected chi connectivity index (χ3v) is 7.78. The van der Waals surface area contributed by atoms with Crippen molar-refractivity contribution < 1.29 is 38.2 Å². The van der Waals surface area contributed by atoms with Crippen LogP contribution in [0.5, 0.6) is 0 Å². The number of nitriles is 2. The average Bonchev–Trinajstić information content (AvgIpc) is 3.60. The second-order valence-corrected chi connectivity index (χ2v) is 11.6. The Hall–Kier alpha value is -5.58. The van der Waals surface area contributed by atoms with Crippen molar-refractivity contribution in [2.45, 2.75) is 26.7 Å². The highest BCUT2D eigenvalue weighted by atomic mass is 32.1. The van der Waals surface area contributed by atoms with Gasteiger partial charge in [-0.2, -0.15) is 10.5 Å². The number of carbonyl (C=O) groups is 4. The lowest BCUT2D eigenvalue weighted by atomic mass is 10.1. The Kier molecular flexibility index (Phi) is 12.1. The zero-order valence-electron chi connectivity index (χ0n) is 24.1. The maximum absolute atomic E-state index is 13.8. The van der Waals surface area contributed by atoms with Crippen molar-refractivity contribution in [2.24, 2.45) is 11.8 Å². The average molecular weight is 667 g/mol. The number of carboxylic acids is 2. The van der Waals surface area contributed by atoms with E-state index in [1.54, 1.807) is 12.1 Å². The molecule has 46 heavy (non-hydrogen) atoms. The van der Waals surface area contributed by atoms with Gasteiger partial charge in [0, 0.05) is 23.0 Å². The van der Waals surface area contributed by atoms with Gasteiger partial charge in [-0.1, -0.05) is 60.8 Å². The molecule has 2 aromatic heterocycles. The van der Waals surface area contributed by atoms with Gasteiger partial charge in [-0.15, -0.1) is 0 Å². The van der Waals surface area contributed by atoms with Crippen molar-refractivity contribution in [1.29, 1.82) is 10.5 Å². The molecule has 4 N–H and O–H groups in total. The predicted octanol–water partition coefficient (Wildman–Crippen LogP) is 5.74. The van der Waals surface area contributed by atoms with Crippen LogP contribution in [0.25, 0.3) is 22.5 Å². The molecule has 0 aliphatic heterocycles. The third kappa shape index (κ3) is 9.21. The Morgan fingerprint density at radius 1 is 0.739 bits per heavy atom. The summed E-state index contributed by atoms with van der Waals surface area (Å²) in [7, 11) is 0. The highest BCUT2D eigenvalue weighted by molar-refractivity contribution is 7.17. The standard InChI is InChI=1S/2C15H12FN3O3S/c2*1-8(6-12(20)21)14(22)19-15-18-13(11(7-17)23-15)9-4-2-3-5-10(9)16/h2*2-5,8H,6H2,1H3,(H,20,21)(H,18,19,22)/t8-;/m1./s1. The topological polar surface area (TPSA) is 206 Å². The number of hydrogen-bond donors (Lipinski definition) is 4. The zero-order valence-corrected chi connectivity index (χ0v) is 25.7. The number of hydrogen-bond acceptors (Lipinski definition) is 10. The Balaban J connectivity index is 0.000000250. The van der Waals surface area contributed by atoms with Gasteiger partial charge in [0.25, 0.3) is 0 Å². The van der Waals surface area contributed by atoms with Crippen LogP contribution in [-0.4, -0.2) is 43.9 Å². The first-order valence-corrected chi connectivity index (χ1v) is 14.8. The molecule has 2 atom stereocenters. The minimum absolute atomic E-state index is 0.127. The van der Waals surface area contributed by atoms with Gasteiger partial charge in [0.2, 0.25) is 11.8 Å². The van der Waals surface area contributed by atoms with Crippen molar-refractivity contribution in [3.05, 3.63) is 69.9 Å². The van der Waals surface area contributed by atoms with Crippen molar-refractivity contribution in [3.8, 4) is 34.7 Å². The normalized spacial score (nSPS) is 11.5. The molecule has 2 heterocycles. The van der Waals surface area contributed by atoms with Gasteiger partial charge in [-0.25, -0.2) is 18.7 Å². The number of nitrogens with zero attached hydrogens (tertiary/aromatic N) is 4. The van der Waals surface area contributed by atoms with Crippen LogP contribution >= 0.6 is 22.7 Å². The van der Waals surface area contributed by atoms with E-state index < -0.39 is 47.2 Å². The quantitative estimate of drug-likeness (QED) is 0.161. The molecule has 0 bridgehead atoms. The molecule has 16 heteroatoms. The summed E-state index contributed by atoms with van der Waals surface area (Å²) < 4.78 is 27.7. The van der Waals surface area contributed by atoms with E-state index in [1.165, 1.54) is 50.2 Å². The first-order valence-electron chi connectivity index (χ1n) is 13.2. The number of nitrogens with one attached hydrogen (secondary N) is 2. The lowest BCUT2D eigenvalue weighted by Crippen LogP contribution is -2.22. The molecule has 0 saturated carbocycles. The van der Waals surface area contributed by atoms with E-state index in [9.17, 15) is 28.0 Å². The number of rotatable bonds is 10. The number of thiazole rings is 2. The van der Waals surface area contributed by atoms with Crippen LogP contribution in [-0.2, 0) is 19.2 Å². The van der Waals surface area contributed by atoms with Crippen LogP contribution in [0.15, 0.2) is 48.5 Å². The van der Waals surface area contributed by atoms with Crippen LogP contribution in [0.4, 0.5) is 19.0 Å². The Bertz CT molecular complexity index is 1730. The molecule has 0 spiro atoms. The van der Waals surface area contributed by atoms with E-state index in [0.717, 1.165) is 22.7 Å². The second kappa shape index (κ2) is 15.9. The molecule has 1 unspecified atom stereocenters. The summed E-state index contributed by atoms with van der Waals surface area (Å²) in [6, 6.07) is 15.6. The highest BCUT2D eigenvalue weighted by Crippen LogP contribution is 2.33. The number of anilines is 2. The highest BCUT2D eigenvalue weighted by Gasteiger charge is 2.22. The summed E-state index contributed by atoms with van der Waals surface area (Å²) in [5.41, 5.74) is 0.632. The number of carbonyl (C=O) groups excluding carboxylic acids is 2. The maximum Gasteiger partial charge on any atom is 0.304 e. The summed E-state index contributed by atoms with van der Waals surface area (Å²) in [5.74, 6) is -5.76. The Morgan fingerprint density at radius 3 is 1.39 bits per heavy atom. The predicted molar refractivity (Wildman–Crippen MR) is 165 cm³/mol. The fraction of sp³-hybridized carbons (Fsp3) is 0.200. The number of aromatic nitrogens is 2. The van der Waals surface area contributed by atoms with Crippen molar-refractivity contribution in [2.75, 3.05) is 10.6 Å². The van der Waals surface area contributed by atoms with Gasteiger partial charge >= 0.3 is 11.9 Å². The summed E-state index contributed by atoms with van der Waals surface area (Å²) in [4.78, 5) is 53.5. The molecule has 2 aromatic carbocycles. The van der Waals surface area contributed by atoms with Gasteiger partial charge in [0.15, 0.2) is 10.3 Å². The number of carboxylic acid groups (broad SMARTS) is 2. The molecule has 4 rings (SSSR count). The largest absolute Gasteiger partial charge is 0.481 e. The van der Waals surface area contributed by atoms with Crippen molar-refractivity contribution in [1.82, 2.24) is 9.97 Å². The zero-order chi connectivity index (χ0) is 34.0. The van der Waals surface area contributed by atoms with Crippen LogP contribution in [0.3, 0.4) is 0 Å². The summed E-state index contributed by atoms with van der Waals surface area (Å²) in [6.45, 7) is 2.94. The van der Waals surface area contributed by atoms with Crippen LogP contribution in [0, 0.1) is 46.1 Å². The lowest BCUT2D eigenvalue weighted by Gasteiger charge is -2.07. The summed E-state index contributed by atoms with van der Waals surface area (Å²) in [6.07, 6.45) is -0.634. The molecule has 0 aliphatic carbocycles. The smallest absolute Gasteiger partial charge is 0.304 e. The van der Waals surface area contributed by atoms with Crippen LogP contribution < -0.4 is 10.6 Å². The molecule has 236 valence electrons. The van der Waals surface area contributed by atoms with Gasteiger partial charge < -0.3 is 20.8 Å². The van der Waals surface area contributed by atoms with Gasteiger partial charge in [0.1, 0.15) is 44.9 Å². The molecule has 12 nitrogen and oxygen atoms in total. The van der Waals surface area contributed by atoms with E-state index in [1.807, 2.05) is 12.1 Å². The molecular formula is C30H24F2N6O6S2. The minimum atomic E-state index is -1.09. The summed E-state index contributed by atoms with van der Waals surface area (Å²) in [5, 5.41) is 40.9. The second-order valence-electron chi connectivity index (χ2n) is 9.55. The monoisotopic (exact) mass is 666 g/mol. The minimum Gasteiger partial charge on any atom is -0.481 e. The molecule has 0 saturated heterocycles. The van der Waals surface area contributed by atoms with E-state index in [-0.39, 0.29) is 55.4 Å².